The Balaban J connectivity index is 2.25. The zero-order chi connectivity index (χ0) is 11.6. The maximum Gasteiger partial charge on any atom is -0.00183 e. The Labute approximate surface area is 102 Å². The van der Waals surface area contributed by atoms with Crippen molar-refractivity contribution in [2.24, 2.45) is 0 Å². The molecule has 0 amide bonds. The molecular formula is C14H30N2. The number of nitrogens with zero attached hydrogens (tertiary/aromatic N) is 2. The monoisotopic (exact) mass is 226 g/mol. The van der Waals surface area contributed by atoms with Gasteiger partial charge in [-0.15, -0.1) is 0 Å². The smallest absolute Gasteiger partial charge is 0.00183 e. The van der Waals surface area contributed by atoms with Crippen molar-refractivity contribution in [1.82, 2.24) is 9.80 Å². The van der Waals surface area contributed by atoms with E-state index in [1.807, 2.05) is 0 Å². The van der Waals surface area contributed by atoms with E-state index in [1.165, 1.54) is 77.8 Å². The van der Waals surface area contributed by atoms with E-state index in [0.29, 0.717) is 0 Å². The van der Waals surface area contributed by atoms with Gasteiger partial charge in [-0.05, 0) is 77.8 Å². The maximum absolute atomic E-state index is 2.66. The lowest BCUT2D eigenvalue weighted by atomic mass is 10.2. The fraction of sp³-hybridized carbons (Fsp3) is 1.00. The fourth-order valence-electron chi connectivity index (χ4n) is 2.64. The first kappa shape index (κ1) is 14.0. The summed E-state index contributed by atoms with van der Waals surface area (Å²) in [7, 11) is 0. The SMILES string of the molecule is CCCN1CCCCN(CCC)CCCC1. The van der Waals surface area contributed by atoms with E-state index >= 15 is 0 Å². The third kappa shape index (κ3) is 5.86. The van der Waals surface area contributed by atoms with E-state index in [0.717, 1.165) is 0 Å². The highest BCUT2D eigenvalue weighted by atomic mass is 15.1. The summed E-state index contributed by atoms with van der Waals surface area (Å²) in [6.45, 7) is 12.5. The Hall–Kier alpha value is -0.0800. The summed E-state index contributed by atoms with van der Waals surface area (Å²) in [6.07, 6.45) is 8.17. The molecule has 1 aliphatic rings. The molecule has 1 heterocycles. The Morgan fingerprint density at radius 2 is 0.938 bits per heavy atom. The highest BCUT2D eigenvalue weighted by molar-refractivity contribution is 4.64. The Kier molecular flexibility index (Phi) is 7.87. The molecule has 2 heteroatoms. The molecule has 0 unspecified atom stereocenters. The molecule has 0 aliphatic carbocycles. The van der Waals surface area contributed by atoms with Gasteiger partial charge in [-0.2, -0.15) is 0 Å². The van der Waals surface area contributed by atoms with Crippen LogP contribution in [0.2, 0.25) is 0 Å². The van der Waals surface area contributed by atoms with Gasteiger partial charge in [0.1, 0.15) is 0 Å². The second-order valence-corrected chi connectivity index (χ2v) is 5.10. The predicted molar refractivity (Wildman–Crippen MR) is 71.9 cm³/mol. The zero-order valence-electron chi connectivity index (χ0n) is 11.4. The van der Waals surface area contributed by atoms with Crippen molar-refractivity contribution < 1.29 is 0 Å². The molecule has 0 radical (unpaired) electrons. The van der Waals surface area contributed by atoms with Crippen molar-refractivity contribution in [1.29, 1.82) is 0 Å². The normalized spacial score (nSPS) is 22.1. The average molecular weight is 226 g/mol. The first-order valence-corrected chi connectivity index (χ1v) is 7.31. The van der Waals surface area contributed by atoms with Crippen LogP contribution in [0.1, 0.15) is 52.4 Å². The molecule has 1 fully saturated rings. The van der Waals surface area contributed by atoms with Crippen LogP contribution in [-0.4, -0.2) is 49.1 Å². The molecule has 0 bridgehead atoms. The summed E-state index contributed by atoms with van der Waals surface area (Å²) >= 11 is 0. The minimum atomic E-state index is 1.30. The van der Waals surface area contributed by atoms with Crippen molar-refractivity contribution in [3.05, 3.63) is 0 Å². The molecule has 1 rings (SSSR count). The van der Waals surface area contributed by atoms with Gasteiger partial charge in [-0.3, -0.25) is 0 Å². The van der Waals surface area contributed by atoms with Crippen molar-refractivity contribution in [3.63, 3.8) is 0 Å². The second kappa shape index (κ2) is 9.00. The molecule has 0 aromatic rings. The van der Waals surface area contributed by atoms with Gasteiger partial charge >= 0.3 is 0 Å². The quantitative estimate of drug-likeness (QED) is 0.727. The van der Waals surface area contributed by atoms with E-state index in [-0.39, 0.29) is 0 Å². The highest BCUT2D eigenvalue weighted by Gasteiger charge is 2.09. The van der Waals surface area contributed by atoms with E-state index < -0.39 is 0 Å². The minimum absolute atomic E-state index is 1.30. The molecule has 16 heavy (non-hydrogen) atoms. The van der Waals surface area contributed by atoms with E-state index in [1.54, 1.807) is 0 Å². The average Bonchev–Trinajstić information content (AvgIpc) is 2.29. The lowest BCUT2D eigenvalue weighted by Crippen LogP contribution is -2.32. The topological polar surface area (TPSA) is 6.48 Å². The van der Waals surface area contributed by atoms with Crippen molar-refractivity contribution in [3.8, 4) is 0 Å². The second-order valence-electron chi connectivity index (χ2n) is 5.10. The molecule has 1 saturated heterocycles. The van der Waals surface area contributed by atoms with E-state index in [2.05, 4.69) is 23.6 Å². The van der Waals surface area contributed by atoms with Gasteiger partial charge in [0.2, 0.25) is 0 Å². The molecule has 0 aromatic heterocycles. The summed E-state index contributed by atoms with van der Waals surface area (Å²) in [6, 6.07) is 0. The van der Waals surface area contributed by atoms with Crippen LogP contribution in [0.4, 0.5) is 0 Å². The van der Waals surface area contributed by atoms with Crippen molar-refractivity contribution in [2.75, 3.05) is 39.3 Å². The van der Waals surface area contributed by atoms with Crippen LogP contribution in [0.5, 0.6) is 0 Å². The van der Waals surface area contributed by atoms with Crippen molar-refractivity contribution in [2.45, 2.75) is 52.4 Å². The molecule has 2 nitrogen and oxygen atoms in total. The lowest BCUT2D eigenvalue weighted by molar-refractivity contribution is 0.211. The van der Waals surface area contributed by atoms with Crippen LogP contribution in [0.25, 0.3) is 0 Å². The van der Waals surface area contributed by atoms with Gasteiger partial charge in [0.25, 0.3) is 0 Å². The van der Waals surface area contributed by atoms with Crippen LogP contribution < -0.4 is 0 Å². The maximum atomic E-state index is 2.66. The van der Waals surface area contributed by atoms with Gasteiger partial charge in [-0.25, -0.2) is 0 Å². The summed E-state index contributed by atoms with van der Waals surface area (Å²) in [4.78, 5) is 5.32. The zero-order valence-corrected chi connectivity index (χ0v) is 11.4. The molecule has 0 atom stereocenters. The van der Waals surface area contributed by atoms with Gasteiger partial charge in [0.15, 0.2) is 0 Å². The van der Waals surface area contributed by atoms with Crippen LogP contribution in [0, 0.1) is 0 Å². The standard InChI is InChI=1S/C14H30N2/c1-3-9-15-11-5-7-13-16(10-4-2)14-8-6-12-15/h3-14H2,1-2H3. The summed E-state index contributed by atoms with van der Waals surface area (Å²) in [5.74, 6) is 0. The number of hydrogen-bond donors (Lipinski definition) is 0. The highest BCUT2D eigenvalue weighted by Crippen LogP contribution is 2.07. The Morgan fingerprint density at radius 1 is 0.625 bits per heavy atom. The van der Waals surface area contributed by atoms with Crippen LogP contribution in [-0.2, 0) is 0 Å². The first-order valence-electron chi connectivity index (χ1n) is 7.31. The van der Waals surface area contributed by atoms with E-state index in [9.17, 15) is 0 Å². The largest absolute Gasteiger partial charge is 0.303 e. The summed E-state index contributed by atoms with van der Waals surface area (Å²) in [5, 5.41) is 0. The summed E-state index contributed by atoms with van der Waals surface area (Å²) in [5.41, 5.74) is 0. The van der Waals surface area contributed by atoms with Gasteiger partial charge in [-0.1, -0.05) is 13.8 Å². The molecule has 1 aliphatic heterocycles. The predicted octanol–water partition coefficient (Wildman–Crippen LogP) is 2.98. The molecule has 0 N–H and O–H groups in total. The van der Waals surface area contributed by atoms with Crippen LogP contribution >= 0.6 is 0 Å². The number of rotatable bonds is 4. The lowest BCUT2D eigenvalue weighted by Gasteiger charge is -2.27. The molecule has 0 spiro atoms. The van der Waals surface area contributed by atoms with Gasteiger partial charge in [0.05, 0.1) is 0 Å². The third-order valence-corrected chi connectivity index (χ3v) is 3.48. The third-order valence-electron chi connectivity index (χ3n) is 3.48. The molecular weight excluding hydrogens is 196 g/mol. The fourth-order valence-corrected chi connectivity index (χ4v) is 2.64. The minimum Gasteiger partial charge on any atom is -0.303 e. The van der Waals surface area contributed by atoms with Crippen LogP contribution in [0.15, 0.2) is 0 Å². The van der Waals surface area contributed by atoms with Gasteiger partial charge < -0.3 is 9.80 Å². The van der Waals surface area contributed by atoms with Crippen LogP contribution in [0.3, 0.4) is 0 Å². The molecule has 96 valence electrons. The van der Waals surface area contributed by atoms with E-state index in [4.69, 9.17) is 0 Å². The first-order chi connectivity index (χ1) is 7.86. The Bertz CT molecular complexity index is 129. The number of hydrogen-bond acceptors (Lipinski definition) is 2. The molecule has 0 aromatic carbocycles. The van der Waals surface area contributed by atoms with Crippen molar-refractivity contribution >= 4 is 0 Å². The summed E-state index contributed by atoms with van der Waals surface area (Å²) < 4.78 is 0. The van der Waals surface area contributed by atoms with Gasteiger partial charge in [0, 0.05) is 0 Å². The Morgan fingerprint density at radius 3 is 1.19 bits per heavy atom. The molecule has 0 saturated carbocycles.